The molecule has 4 heteroatoms. The molecule has 90 valence electrons. The number of hydrogen-bond acceptors (Lipinski definition) is 3. The van der Waals surface area contributed by atoms with Crippen LogP contribution in [-0.2, 0) is 9.53 Å². The molecule has 16 heavy (non-hydrogen) atoms. The van der Waals surface area contributed by atoms with E-state index in [0.717, 1.165) is 6.42 Å². The molecule has 0 aromatic carbocycles. The SMILES string of the molecule is CCC1C=CC(=O)CN1C(=O)OC(C)(C)C. The Kier molecular flexibility index (Phi) is 3.73. The molecule has 1 heterocycles. The van der Waals surface area contributed by atoms with Gasteiger partial charge in [-0.25, -0.2) is 4.79 Å². The lowest BCUT2D eigenvalue weighted by molar-refractivity contribution is -0.116. The van der Waals surface area contributed by atoms with Gasteiger partial charge >= 0.3 is 6.09 Å². The van der Waals surface area contributed by atoms with Gasteiger partial charge in [0.25, 0.3) is 0 Å². The third kappa shape index (κ3) is 3.36. The zero-order valence-electron chi connectivity index (χ0n) is 10.3. The van der Waals surface area contributed by atoms with Gasteiger partial charge < -0.3 is 4.74 Å². The van der Waals surface area contributed by atoms with Crippen LogP contribution in [-0.4, -0.2) is 35.0 Å². The lowest BCUT2D eigenvalue weighted by atomic mass is 10.1. The molecule has 1 aliphatic heterocycles. The largest absolute Gasteiger partial charge is 0.444 e. The van der Waals surface area contributed by atoms with Crippen molar-refractivity contribution in [2.75, 3.05) is 6.54 Å². The van der Waals surface area contributed by atoms with E-state index in [4.69, 9.17) is 4.74 Å². The average molecular weight is 225 g/mol. The molecular weight excluding hydrogens is 206 g/mol. The van der Waals surface area contributed by atoms with Crippen molar-refractivity contribution in [3.05, 3.63) is 12.2 Å². The number of ether oxygens (including phenoxy) is 1. The van der Waals surface area contributed by atoms with Crippen LogP contribution in [0.1, 0.15) is 34.1 Å². The first kappa shape index (κ1) is 12.7. The molecule has 0 aromatic heterocycles. The first-order chi connectivity index (χ1) is 7.33. The zero-order valence-corrected chi connectivity index (χ0v) is 10.3. The van der Waals surface area contributed by atoms with Crippen LogP contribution >= 0.6 is 0 Å². The topological polar surface area (TPSA) is 46.6 Å². The van der Waals surface area contributed by atoms with Gasteiger partial charge in [0.05, 0.1) is 12.6 Å². The number of amides is 1. The average Bonchev–Trinajstić information content (AvgIpc) is 2.15. The Morgan fingerprint density at radius 3 is 2.69 bits per heavy atom. The number of hydrogen-bond donors (Lipinski definition) is 0. The fourth-order valence-corrected chi connectivity index (χ4v) is 1.54. The Labute approximate surface area is 96.3 Å². The van der Waals surface area contributed by atoms with E-state index in [9.17, 15) is 9.59 Å². The van der Waals surface area contributed by atoms with E-state index in [1.807, 2.05) is 27.7 Å². The Hall–Kier alpha value is -1.32. The van der Waals surface area contributed by atoms with Gasteiger partial charge in [-0.2, -0.15) is 0 Å². The summed E-state index contributed by atoms with van der Waals surface area (Å²) in [5.41, 5.74) is -0.528. The fraction of sp³-hybridized carbons (Fsp3) is 0.667. The van der Waals surface area contributed by atoms with Gasteiger partial charge in [0.15, 0.2) is 5.78 Å². The lowest BCUT2D eigenvalue weighted by Gasteiger charge is -2.32. The van der Waals surface area contributed by atoms with Gasteiger partial charge in [-0.1, -0.05) is 13.0 Å². The molecule has 0 spiro atoms. The van der Waals surface area contributed by atoms with Crippen molar-refractivity contribution in [3.8, 4) is 0 Å². The molecule has 1 unspecified atom stereocenters. The third-order valence-corrected chi connectivity index (χ3v) is 2.28. The quantitative estimate of drug-likeness (QED) is 0.687. The van der Waals surface area contributed by atoms with Crippen molar-refractivity contribution in [2.24, 2.45) is 0 Å². The predicted octanol–water partition coefficient (Wildman–Crippen LogP) is 2.14. The number of carbonyl (C=O) groups is 2. The normalized spacial score (nSPS) is 21.1. The van der Waals surface area contributed by atoms with Crippen molar-refractivity contribution < 1.29 is 14.3 Å². The van der Waals surface area contributed by atoms with Crippen LogP contribution in [0.5, 0.6) is 0 Å². The van der Waals surface area contributed by atoms with E-state index in [0.29, 0.717) is 0 Å². The van der Waals surface area contributed by atoms with Crippen molar-refractivity contribution in [2.45, 2.75) is 45.8 Å². The van der Waals surface area contributed by atoms with Gasteiger partial charge in [0, 0.05) is 0 Å². The second-order valence-corrected chi connectivity index (χ2v) is 4.91. The lowest BCUT2D eigenvalue weighted by Crippen LogP contribution is -2.46. The first-order valence-electron chi connectivity index (χ1n) is 5.54. The van der Waals surface area contributed by atoms with Crippen LogP contribution in [0.4, 0.5) is 4.79 Å². The summed E-state index contributed by atoms with van der Waals surface area (Å²) in [7, 11) is 0. The molecular formula is C12H19NO3. The van der Waals surface area contributed by atoms with Gasteiger partial charge in [-0.3, -0.25) is 9.69 Å². The summed E-state index contributed by atoms with van der Waals surface area (Å²) >= 11 is 0. The Morgan fingerprint density at radius 1 is 1.56 bits per heavy atom. The summed E-state index contributed by atoms with van der Waals surface area (Å²) < 4.78 is 5.26. The second kappa shape index (κ2) is 4.68. The molecule has 0 radical (unpaired) electrons. The summed E-state index contributed by atoms with van der Waals surface area (Å²) in [5.74, 6) is -0.0597. The summed E-state index contributed by atoms with van der Waals surface area (Å²) in [5, 5.41) is 0. The van der Waals surface area contributed by atoms with Crippen LogP contribution in [0, 0.1) is 0 Å². The minimum atomic E-state index is -0.528. The molecule has 0 aliphatic carbocycles. The molecule has 0 bridgehead atoms. The molecule has 1 aliphatic rings. The monoisotopic (exact) mass is 225 g/mol. The van der Waals surface area contributed by atoms with E-state index in [2.05, 4.69) is 0 Å². The summed E-state index contributed by atoms with van der Waals surface area (Å²) in [6.07, 6.45) is 3.66. The first-order valence-corrected chi connectivity index (χ1v) is 5.54. The molecule has 0 aromatic rings. The minimum absolute atomic E-state index is 0.0347. The number of rotatable bonds is 1. The van der Waals surface area contributed by atoms with Crippen molar-refractivity contribution >= 4 is 11.9 Å². The molecule has 1 atom stereocenters. The highest BCUT2D eigenvalue weighted by atomic mass is 16.6. The van der Waals surface area contributed by atoms with Crippen LogP contribution in [0.3, 0.4) is 0 Å². The van der Waals surface area contributed by atoms with Crippen molar-refractivity contribution in [1.82, 2.24) is 4.90 Å². The molecule has 0 saturated carbocycles. The molecule has 1 amide bonds. The zero-order chi connectivity index (χ0) is 12.3. The smallest absolute Gasteiger partial charge is 0.411 e. The maximum atomic E-state index is 11.8. The van der Waals surface area contributed by atoms with E-state index < -0.39 is 11.7 Å². The highest BCUT2D eigenvalue weighted by Gasteiger charge is 2.29. The Morgan fingerprint density at radius 2 is 2.19 bits per heavy atom. The fourth-order valence-electron chi connectivity index (χ4n) is 1.54. The van der Waals surface area contributed by atoms with Crippen LogP contribution in [0.25, 0.3) is 0 Å². The Bertz CT molecular complexity index is 315. The van der Waals surface area contributed by atoms with E-state index in [1.165, 1.54) is 11.0 Å². The maximum absolute atomic E-state index is 11.8. The predicted molar refractivity (Wildman–Crippen MR) is 61.2 cm³/mol. The molecule has 4 nitrogen and oxygen atoms in total. The van der Waals surface area contributed by atoms with Crippen molar-refractivity contribution in [1.29, 1.82) is 0 Å². The number of ketones is 1. The van der Waals surface area contributed by atoms with Gasteiger partial charge in [-0.05, 0) is 33.3 Å². The highest BCUT2D eigenvalue weighted by Crippen LogP contribution is 2.16. The number of carbonyl (C=O) groups excluding carboxylic acids is 2. The molecule has 0 saturated heterocycles. The maximum Gasteiger partial charge on any atom is 0.411 e. The molecule has 0 N–H and O–H groups in total. The standard InChI is InChI=1S/C12H19NO3/c1-5-9-6-7-10(14)8-13(9)11(15)16-12(2,3)4/h6-7,9H,5,8H2,1-4H3. The van der Waals surface area contributed by atoms with Gasteiger partial charge in [0.2, 0.25) is 0 Å². The van der Waals surface area contributed by atoms with E-state index >= 15 is 0 Å². The van der Waals surface area contributed by atoms with Crippen LogP contribution in [0.2, 0.25) is 0 Å². The Balaban J connectivity index is 2.74. The molecule has 0 fully saturated rings. The summed E-state index contributed by atoms with van der Waals surface area (Å²) in [6, 6.07) is -0.0347. The van der Waals surface area contributed by atoms with Crippen LogP contribution < -0.4 is 0 Å². The third-order valence-electron chi connectivity index (χ3n) is 2.28. The van der Waals surface area contributed by atoms with E-state index in [-0.39, 0.29) is 18.4 Å². The summed E-state index contributed by atoms with van der Waals surface area (Å²) in [6.45, 7) is 7.53. The second-order valence-electron chi connectivity index (χ2n) is 4.91. The van der Waals surface area contributed by atoms with Gasteiger partial charge in [-0.15, -0.1) is 0 Å². The highest BCUT2D eigenvalue weighted by molar-refractivity contribution is 5.94. The number of nitrogens with zero attached hydrogens (tertiary/aromatic N) is 1. The summed E-state index contributed by atoms with van der Waals surface area (Å²) in [4.78, 5) is 24.6. The van der Waals surface area contributed by atoms with Crippen molar-refractivity contribution in [3.63, 3.8) is 0 Å². The van der Waals surface area contributed by atoms with Crippen LogP contribution in [0.15, 0.2) is 12.2 Å². The van der Waals surface area contributed by atoms with E-state index in [1.54, 1.807) is 6.08 Å². The van der Waals surface area contributed by atoms with Gasteiger partial charge in [0.1, 0.15) is 5.60 Å². The molecule has 1 rings (SSSR count). The minimum Gasteiger partial charge on any atom is -0.444 e.